The van der Waals surface area contributed by atoms with Crippen LogP contribution >= 0.6 is 0 Å². The number of unbranched alkanes of at least 4 members (excludes halogenated alkanes) is 8. The zero-order valence-corrected chi connectivity index (χ0v) is 22.0. The molecule has 5 nitrogen and oxygen atoms in total. The Bertz CT molecular complexity index is 419. The van der Waals surface area contributed by atoms with Crippen LogP contribution < -0.4 is 5.32 Å². The minimum Gasteiger partial charge on any atom is -0.465 e. The molecule has 0 aromatic carbocycles. The number of carbonyl (C=O) groups is 1. The quantitative estimate of drug-likeness (QED) is 0.226. The number of nitrogens with zero attached hydrogens (tertiary/aromatic N) is 1. The Hall–Kier alpha value is -0.593. The molecule has 1 aliphatic heterocycles. The molecule has 6 heteroatoms. The second kappa shape index (κ2) is 17.0. The summed E-state index contributed by atoms with van der Waals surface area (Å²) in [5.41, 5.74) is 0. The summed E-state index contributed by atoms with van der Waals surface area (Å²) >= 11 is 0. The Labute approximate surface area is 188 Å². The molecule has 180 valence electrons. The van der Waals surface area contributed by atoms with Crippen LogP contribution in [-0.4, -0.2) is 57.2 Å². The third kappa shape index (κ3) is 16.1. The fourth-order valence-corrected chi connectivity index (χ4v) is 4.37. The standard InChI is InChI=1S/C17H38OSi.C7H14N2O2/c1-7-8-9-10-11-12-13-14-15-16-18-19(5,6)17(2,3)4;10-7(11)8-3-6-9-4-1-2-5-9/h7-16H2,1-6H3;8H,1-6H2,(H,10,11). The highest BCUT2D eigenvalue weighted by atomic mass is 28.4. The average Bonchev–Trinajstić information content (AvgIpc) is 3.16. The predicted molar refractivity (Wildman–Crippen MR) is 132 cm³/mol. The van der Waals surface area contributed by atoms with Gasteiger partial charge in [-0.25, -0.2) is 4.79 Å². The molecule has 0 aromatic rings. The van der Waals surface area contributed by atoms with E-state index < -0.39 is 14.4 Å². The average molecular weight is 445 g/mol. The van der Waals surface area contributed by atoms with Gasteiger partial charge in [0.15, 0.2) is 8.32 Å². The van der Waals surface area contributed by atoms with Gasteiger partial charge in [-0.15, -0.1) is 0 Å². The van der Waals surface area contributed by atoms with Gasteiger partial charge < -0.3 is 19.7 Å². The van der Waals surface area contributed by atoms with Crippen LogP contribution in [0.15, 0.2) is 0 Å². The van der Waals surface area contributed by atoms with E-state index in [-0.39, 0.29) is 0 Å². The second-order valence-corrected chi connectivity index (χ2v) is 15.0. The first-order valence-electron chi connectivity index (χ1n) is 12.4. The number of nitrogens with one attached hydrogen (secondary N) is 1. The molecule has 1 rings (SSSR count). The maximum atomic E-state index is 10.0. The van der Waals surface area contributed by atoms with Crippen molar-refractivity contribution in [2.24, 2.45) is 0 Å². The van der Waals surface area contributed by atoms with Gasteiger partial charge in [0.25, 0.3) is 0 Å². The number of likely N-dealkylation sites (tertiary alicyclic amines) is 1. The fraction of sp³-hybridized carbons (Fsp3) is 0.958. The van der Waals surface area contributed by atoms with Crippen molar-refractivity contribution < 1.29 is 14.3 Å². The monoisotopic (exact) mass is 444 g/mol. The molecule has 0 atom stereocenters. The first-order valence-corrected chi connectivity index (χ1v) is 15.3. The molecule has 1 heterocycles. The first kappa shape index (κ1) is 29.4. The third-order valence-corrected chi connectivity index (χ3v) is 11.0. The van der Waals surface area contributed by atoms with Crippen LogP contribution in [0.25, 0.3) is 0 Å². The zero-order valence-electron chi connectivity index (χ0n) is 21.0. The van der Waals surface area contributed by atoms with E-state index in [1.165, 1.54) is 70.6 Å². The van der Waals surface area contributed by atoms with E-state index in [0.717, 1.165) is 26.2 Å². The van der Waals surface area contributed by atoms with Gasteiger partial charge in [-0.3, -0.25) is 0 Å². The Kier molecular flexibility index (Phi) is 16.7. The predicted octanol–water partition coefficient (Wildman–Crippen LogP) is 6.89. The Morgan fingerprint density at radius 2 is 1.47 bits per heavy atom. The van der Waals surface area contributed by atoms with E-state index in [9.17, 15) is 4.79 Å². The Morgan fingerprint density at radius 1 is 0.967 bits per heavy atom. The van der Waals surface area contributed by atoms with Crippen LogP contribution in [0.2, 0.25) is 18.1 Å². The summed E-state index contributed by atoms with van der Waals surface area (Å²) in [6.07, 6.45) is 14.1. The van der Waals surface area contributed by atoms with Crippen LogP contribution in [0, 0.1) is 0 Å². The Morgan fingerprint density at radius 3 is 1.93 bits per heavy atom. The van der Waals surface area contributed by atoms with Crippen molar-refractivity contribution in [2.45, 2.75) is 116 Å². The normalized spacial score (nSPS) is 15.0. The molecule has 0 unspecified atom stereocenters. The highest BCUT2D eigenvalue weighted by Gasteiger charge is 2.36. The SMILES string of the molecule is CCCCCCCCCCCO[Si](C)(C)C(C)(C)C.O=C(O)NCCN1CCCC1. The van der Waals surface area contributed by atoms with Crippen molar-refractivity contribution in [1.29, 1.82) is 0 Å². The smallest absolute Gasteiger partial charge is 0.404 e. The molecule has 0 saturated carbocycles. The molecule has 30 heavy (non-hydrogen) atoms. The van der Waals surface area contributed by atoms with E-state index in [2.05, 4.69) is 51.0 Å². The molecular weight excluding hydrogens is 392 g/mol. The van der Waals surface area contributed by atoms with Gasteiger partial charge in [-0.1, -0.05) is 79.1 Å². The van der Waals surface area contributed by atoms with Crippen LogP contribution in [0.1, 0.15) is 98.3 Å². The van der Waals surface area contributed by atoms with Gasteiger partial charge in [0.1, 0.15) is 0 Å². The zero-order chi connectivity index (χ0) is 22.9. The molecule has 1 fully saturated rings. The number of amides is 1. The molecule has 0 aromatic heterocycles. The summed E-state index contributed by atoms with van der Waals surface area (Å²) in [6, 6.07) is 0. The molecule has 1 aliphatic rings. The van der Waals surface area contributed by atoms with Gasteiger partial charge in [0.05, 0.1) is 0 Å². The Balaban J connectivity index is 0.000000642. The van der Waals surface area contributed by atoms with E-state index in [0.29, 0.717) is 11.6 Å². The van der Waals surface area contributed by atoms with E-state index in [4.69, 9.17) is 9.53 Å². The molecule has 0 radical (unpaired) electrons. The van der Waals surface area contributed by atoms with Gasteiger partial charge in [0, 0.05) is 19.7 Å². The molecule has 1 saturated heterocycles. The molecule has 0 aliphatic carbocycles. The van der Waals surface area contributed by atoms with Crippen molar-refractivity contribution in [3.8, 4) is 0 Å². The molecular formula is C24H52N2O3Si. The lowest BCUT2D eigenvalue weighted by atomic mass is 10.1. The van der Waals surface area contributed by atoms with Crippen LogP contribution in [0.4, 0.5) is 4.79 Å². The lowest BCUT2D eigenvalue weighted by Gasteiger charge is -2.36. The van der Waals surface area contributed by atoms with Crippen LogP contribution in [0.5, 0.6) is 0 Å². The maximum absolute atomic E-state index is 10.0. The molecule has 0 spiro atoms. The number of hydrogen-bond donors (Lipinski definition) is 2. The topological polar surface area (TPSA) is 61.8 Å². The lowest BCUT2D eigenvalue weighted by molar-refractivity contribution is 0.192. The minimum atomic E-state index is -1.50. The fourth-order valence-electron chi connectivity index (χ4n) is 3.28. The van der Waals surface area contributed by atoms with Crippen LogP contribution in [0.3, 0.4) is 0 Å². The largest absolute Gasteiger partial charge is 0.465 e. The van der Waals surface area contributed by atoms with Gasteiger partial charge >= 0.3 is 6.09 Å². The van der Waals surface area contributed by atoms with Crippen molar-refractivity contribution in [2.75, 3.05) is 32.8 Å². The summed E-state index contributed by atoms with van der Waals surface area (Å²) in [5, 5.41) is 11.0. The summed E-state index contributed by atoms with van der Waals surface area (Å²) in [7, 11) is -1.50. The first-order chi connectivity index (χ1) is 14.1. The molecule has 2 N–H and O–H groups in total. The van der Waals surface area contributed by atoms with Crippen LogP contribution in [-0.2, 0) is 4.43 Å². The van der Waals surface area contributed by atoms with E-state index in [1.54, 1.807) is 0 Å². The van der Waals surface area contributed by atoms with Crippen molar-refractivity contribution >= 4 is 14.4 Å². The minimum absolute atomic E-state index is 0.353. The van der Waals surface area contributed by atoms with Gasteiger partial charge in [-0.05, 0) is 50.5 Å². The number of rotatable bonds is 14. The summed E-state index contributed by atoms with van der Waals surface area (Å²) in [4.78, 5) is 12.3. The lowest BCUT2D eigenvalue weighted by Crippen LogP contribution is -2.40. The molecule has 0 bridgehead atoms. The summed E-state index contributed by atoms with van der Waals surface area (Å²) < 4.78 is 6.19. The van der Waals surface area contributed by atoms with Gasteiger partial charge in [0.2, 0.25) is 0 Å². The summed E-state index contributed by atoms with van der Waals surface area (Å²) in [5.74, 6) is 0. The third-order valence-electron chi connectivity index (χ3n) is 6.42. The highest BCUT2D eigenvalue weighted by Crippen LogP contribution is 2.36. The summed E-state index contributed by atoms with van der Waals surface area (Å²) in [6.45, 7) is 18.6. The highest BCUT2D eigenvalue weighted by molar-refractivity contribution is 6.74. The molecule has 1 amide bonds. The number of carboxylic acid groups (broad SMARTS) is 1. The number of hydrogen-bond acceptors (Lipinski definition) is 3. The second-order valence-electron chi connectivity index (χ2n) is 10.2. The van der Waals surface area contributed by atoms with Gasteiger partial charge in [-0.2, -0.15) is 0 Å². The van der Waals surface area contributed by atoms with Crippen molar-refractivity contribution in [3.63, 3.8) is 0 Å². The van der Waals surface area contributed by atoms with Crippen molar-refractivity contribution in [3.05, 3.63) is 0 Å². The maximum Gasteiger partial charge on any atom is 0.404 e. The van der Waals surface area contributed by atoms with E-state index >= 15 is 0 Å². The van der Waals surface area contributed by atoms with E-state index in [1.807, 2.05) is 0 Å². The van der Waals surface area contributed by atoms with Crippen molar-refractivity contribution in [1.82, 2.24) is 10.2 Å².